The summed E-state index contributed by atoms with van der Waals surface area (Å²) in [6.07, 6.45) is 13.5. The van der Waals surface area contributed by atoms with Gasteiger partial charge < -0.3 is 19.9 Å². The van der Waals surface area contributed by atoms with Crippen LogP contribution in [0.15, 0.2) is 42.0 Å². The summed E-state index contributed by atoms with van der Waals surface area (Å²) >= 11 is 0. The van der Waals surface area contributed by atoms with E-state index in [1.165, 1.54) is 31.3 Å². The Labute approximate surface area is 246 Å². The minimum absolute atomic E-state index is 0.0523. The number of benzene rings is 1. The fourth-order valence-corrected chi connectivity index (χ4v) is 10.9. The molecule has 0 unspecified atom stereocenters. The van der Waals surface area contributed by atoms with Gasteiger partial charge in [-0.2, -0.15) is 0 Å². The van der Waals surface area contributed by atoms with Crippen LogP contribution in [-0.2, 0) is 25.4 Å². The van der Waals surface area contributed by atoms with E-state index >= 15 is 0 Å². The Balaban J connectivity index is 1.03. The summed E-state index contributed by atoms with van der Waals surface area (Å²) in [5.41, 5.74) is 9.43. The van der Waals surface area contributed by atoms with Crippen molar-refractivity contribution in [1.29, 1.82) is 0 Å². The van der Waals surface area contributed by atoms with E-state index in [1.54, 1.807) is 0 Å². The van der Waals surface area contributed by atoms with Crippen molar-refractivity contribution in [3.63, 3.8) is 0 Å². The van der Waals surface area contributed by atoms with Gasteiger partial charge in [-0.05, 0) is 97.3 Å². The average molecular weight is 562 g/mol. The first-order chi connectivity index (χ1) is 19.6. The van der Waals surface area contributed by atoms with Gasteiger partial charge >= 0.3 is 5.97 Å². The Morgan fingerprint density at radius 1 is 1.07 bits per heavy atom. The molecule has 2 heterocycles. The summed E-state index contributed by atoms with van der Waals surface area (Å²) in [6.45, 7) is 10.7. The van der Waals surface area contributed by atoms with Crippen molar-refractivity contribution < 1.29 is 19.0 Å². The van der Waals surface area contributed by atoms with Gasteiger partial charge in [-0.3, -0.25) is 4.79 Å². The first kappa shape index (κ1) is 28.1. The van der Waals surface area contributed by atoms with Gasteiger partial charge in [0.2, 0.25) is 0 Å². The maximum Gasteiger partial charge on any atom is 0.323 e. The lowest BCUT2D eigenvalue weighted by Gasteiger charge is -2.58. The molecule has 0 bridgehead atoms. The van der Waals surface area contributed by atoms with Crippen LogP contribution in [0.4, 0.5) is 0 Å². The number of esters is 1. The molecule has 0 aromatic heterocycles. The van der Waals surface area contributed by atoms with Gasteiger partial charge in [-0.25, -0.2) is 0 Å². The molecule has 6 aliphatic rings. The first-order valence-corrected chi connectivity index (χ1v) is 16.6. The van der Waals surface area contributed by atoms with Crippen LogP contribution >= 0.6 is 0 Å². The van der Waals surface area contributed by atoms with Gasteiger partial charge in [-0.15, -0.1) is 0 Å². The minimum atomic E-state index is -0.612. The van der Waals surface area contributed by atoms with Crippen LogP contribution in [0, 0.1) is 46.3 Å². The molecule has 1 aromatic carbocycles. The molecule has 0 amide bonds. The summed E-state index contributed by atoms with van der Waals surface area (Å²) in [7, 11) is 0. The first-order valence-electron chi connectivity index (χ1n) is 16.6. The lowest BCUT2D eigenvalue weighted by Crippen LogP contribution is -2.52. The largest absolute Gasteiger partial charge is 0.461 e. The molecule has 2 N–H and O–H groups in total. The van der Waals surface area contributed by atoms with Crippen LogP contribution in [0.5, 0.6) is 0 Å². The van der Waals surface area contributed by atoms with Crippen LogP contribution < -0.4 is 5.73 Å². The second-order valence-corrected chi connectivity index (χ2v) is 15.4. The van der Waals surface area contributed by atoms with Crippen molar-refractivity contribution in [3.05, 3.63) is 47.5 Å². The zero-order valence-corrected chi connectivity index (χ0v) is 25.6. The lowest BCUT2D eigenvalue weighted by molar-refractivity contribution is -0.272. The van der Waals surface area contributed by atoms with Gasteiger partial charge in [0.15, 0.2) is 5.79 Å². The van der Waals surface area contributed by atoms with E-state index in [0.717, 1.165) is 56.1 Å². The van der Waals surface area contributed by atoms with Crippen LogP contribution in [0.25, 0.3) is 0 Å². The second kappa shape index (κ2) is 10.2. The van der Waals surface area contributed by atoms with Crippen molar-refractivity contribution in [2.45, 2.75) is 116 Å². The SMILES string of the molecule is C[C@@H]1CC[C@@]2(OC1)O[C@H]1C[C@H]3[C@@H]4CC=C5C[C@@H](OC(=O)[C@@H](N)Cc6ccccc6)CC[C@]5(C)[C@H]4CC[C@]3(C)[C@H]1[C@@H]2C. The number of carbonyl (C=O) groups is 1. The Hall–Kier alpha value is -1.69. The van der Waals surface area contributed by atoms with E-state index < -0.39 is 6.04 Å². The smallest absolute Gasteiger partial charge is 0.323 e. The van der Waals surface area contributed by atoms with Crippen molar-refractivity contribution >= 4 is 5.97 Å². The normalized spacial score (nSPS) is 47.5. The standard InChI is InChI=1S/C36H51NO4/c1-22-12-17-36(39-21-22)23(2)32-31(41-36)20-29-27-11-10-25-19-26(13-15-34(25,3)28(27)14-16-35(29,32)4)40-33(38)30(37)18-24-8-6-5-7-9-24/h5-10,22-23,26-32H,11-21,37H2,1-4H3/t22-,23+,26+,27-,28+,29+,30+,31+,32+,34+,35+,36-/m1/s1. The van der Waals surface area contributed by atoms with E-state index in [4.69, 9.17) is 19.9 Å². The molecule has 1 aromatic rings. The van der Waals surface area contributed by atoms with Crippen LogP contribution in [0.2, 0.25) is 0 Å². The van der Waals surface area contributed by atoms with Crippen LogP contribution in [-0.4, -0.2) is 36.6 Å². The minimum Gasteiger partial charge on any atom is -0.461 e. The van der Waals surface area contributed by atoms with E-state index in [0.29, 0.717) is 41.6 Å². The van der Waals surface area contributed by atoms with Crippen LogP contribution in [0.3, 0.4) is 0 Å². The molecule has 4 aliphatic carbocycles. The van der Waals surface area contributed by atoms with Crippen molar-refractivity contribution in [2.24, 2.45) is 52.1 Å². The third-order valence-corrected chi connectivity index (χ3v) is 13.2. The molecule has 3 saturated carbocycles. The quantitative estimate of drug-likeness (QED) is 0.322. The Morgan fingerprint density at radius 2 is 1.88 bits per heavy atom. The van der Waals surface area contributed by atoms with Gasteiger partial charge in [0.05, 0.1) is 12.7 Å². The van der Waals surface area contributed by atoms with Crippen LogP contribution in [0.1, 0.15) is 91.0 Å². The van der Waals surface area contributed by atoms with Crippen molar-refractivity contribution in [2.75, 3.05) is 6.61 Å². The molecule has 224 valence electrons. The predicted molar refractivity (Wildman–Crippen MR) is 160 cm³/mol. The number of rotatable bonds is 4. The Kier molecular flexibility index (Phi) is 6.99. The lowest BCUT2D eigenvalue weighted by atomic mass is 9.47. The summed E-state index contributed by atoms with van der Waals surface area (Å²) in [5, 5.41) is 0. The zero-order chi connectivity index (χ0) is 28.6. The molecule has 5 heteroatoms. The molecule has 41 heavy (non-hydrogen) atoms. The number of fused-ring (bicyclic) bond motifs is 7. The Bertz CT molecular complexity index is 1170. The van der Waals surface area contributed by atoms with Gasteiger partial charge in [-0.1, -0.05) is 69.7 Å². The molecule has 0 radical (unpaired) electrons. The highest BCUT2D eigenvalue weighted by atomic mass is 16.7. The fourth-order valence-electron chi connectivity index (χ4n) is 10.9. The average Bonchev–Trinajstić information content (AvgIpc) is 3.40. The molecular formula is C36H51NO4. The molecular weight excluding hydrogens is 510 g/mol. The second-order valence-electron chi connectivity index (χ2n) is 15.4. The van der Waals surface area contributed by atoms with E-state index in [1.807, 2.05) is 30.3 Å². The fraction of sp³-hybridized carbons (Fsp3) is 0.750. The summed E-state index contributed by atoms with van der Waals surface area (Å²) < 4.78 is 19.5. The Morgan fingerprint density at radius 3 is 2.63 bits per heavy atom. The molecule has 5 nitrogen and oxygen atoms in total. The van der Waals surface area contributed by atoms with E-state index in [-0.39, 0.29) is 23.3 Å². The highest BCUT2D eigenvalue weighted by molar-refractivity contribution is 5.76. The van der Waals surface area contributed by atoms with Gasteiger partial charge in [0.25, 0.3) is 0 Å². The number of carbonyl (C=O) groups excluding carboxylic acids is 1. The number of nitrogens with two attached hydrogens (primary N) is 1. The summed E-state index contributed by atoms with van der Waals surface area (Å²) in [4.78, 5) is 12.9. The van der Waals surface area contributed by atoms with Gasteiger partial charge in [0.1, 0.15) is 12.1 Å². The zero-order valence-electron chi connectivity index (χ0n) is 25.6. The molecule has 12 atom stereocenters. The number of hydrogen-bond acceptors (Lipinski definition) is 5. The topological polar surface area (TPSA) is 70.8 Å². The number of ether oxygens (including phenoxy) is 3. The highest BCUT2D eigenvalue weighted by Gasteiger charge is 2.68. The maximum absolute atomic E-state index is 12.9. The molecule has 2 aliphatic heterocycles. The van der Waals surface area contributed by atoms with E-state index in [9.17, 15) is 4.79 Å². The summed E-state index contributed by atoms with van der Waals surface area (Å²) in [5.74, 6) is 3.29. The number of allylic oxidation sites excluding steroid dienone is 1. The van der Waals surface area contributed by atoms with Crippen molar-refractivity contribution in [3.8, 4) is 0 Å². The molecule has 7 rings (SSSR count). The maximum atomic E-state index is 12.9. The predicted octanol–water partition coefficient (Wildman–Crippen LogP) is 6.83. The third-order valence-electron chi connectivity index (χ3n) is 13.2. The molecule has 5 fully saturated rings. The highest BCUT2D eigenvalue weighted by Crippen LogP contribution is 2.70. The third kappa shape index (κ3) is 4.47. The van der Waals surface area contributed by atoms with Crippen molar-refractivity contribution in [1.82, 2.24) is 0 Å². The monoisotopic (exact) mass is 561 g/mol. The van der Waals surface area contributed by atoms with E-state index in [2.05, 4.69) is 33.8 Å². The number of hydrogen-bond donors (Lipinski definition) is 1. The molecule has 1 spiro atoms. The molecule has 2 saturated heterocycles. The summed E-state index contributed by atoms with van der Waals surface area (Å²) in [6, 6.07) is 9.38. The van der Waals surface area contributed by atoms with Gasteiger partial charge in [0, 0.05) is 18.8 Å².